The average Bonchev–Trinajstić information content (AvgIpc) is 2.42. The molecule has 1 heterocycles. The number of hydrogen-bond donors (Lipinski definition) is 0. The monoisotopic (exact) mass is 208 g/mol. The number of aryl methyl sites for hydroxylation is 2. The smallest absolute Gasteiger partial charge is 0.163 e. The molecule has 0 aliphatic carbocycles. The van der Waals surface area contributed by atoms with E-state index in [-0.39, 0.29) is 5.78 Å². The molecule has 0 aliphatic heterocycles. The van der Waals surface area contributed by atoms with Crippen molar-refractivity contribution in [1.29, 1.82) is 0 Å². The van der Waals surface area contributed by atoms with Gasteiger partial charge in [-0.25, -0.2) is 0 Å². The number of unbranched alkanes of at least 4 members (excludes halogenated alkanes) is 2. The van der Waals surface area contributed by atoms with E-state index in [4.69, 9.17) is 0 Å². The number of aromatic nitrogens is 2. The molecular formula is C12H20N2O. The Labute approximate surface area is 91.5 Å². The Balaban J connectivity index is 2.82. The van der Waals surface area contributed by atoms with Gasteiger partial charge in [-0.15, -0.1) is 0 Å². The Kier molecular flexibility index (Phi) is 4.06. The lowest BCUT2D eigenvalue weighted by molar-refractivity contribution is 0.101. The van der Waals surface area contributed by atoms with Crippen LogP contribution in [0.25, 0.3) is 0 Å². The van der Waals surface area contributed by atoms with Crippen LogP contribution in [0.2, 0.25) is 0 Å². The second-order valence-electron chi connectivity index (χ2n) is 4.03. The zero-order chi connectivity index (χ0) is 11.4. The van der Waals surface area contributed by atoms with Crippen LogP contribution in [0.4, 0.5) is 0 Å². The summed E-state index contributed by atoms with van der Waals surface area (Å²) in [5.74, 6) is 0.117. The highest BCUT2D eigenvalue weighted by Gasteiger charge is 2.14. The normalized spacial score (nSPS) is 10.7. The molecule has 0 N–H and O–H groups in total. The minimum Gasteiger partial charge on any atom is -0.294 e. The Morgan fingerprint density at radius 2 is 2.00 bits per heavy atom. The van der Waals surface area contributed by atoms with E-state index in [1.807, 2.05) is 18.5 Å². The zero-order valence-electron chi connectivity index (χ0n) is 10.1. The lowest BCUT2D eigenvalue weighted by Crippen LogP contribution is -2.03. The van der Waals surface area contributed by atoms with Crippen molar-refractivity contribution in [2.45, 2.75) is 53.5 Å². The van der Waals surface area contributed by atoms with Gasteiger partial charge in [0, 0.05) is 12.2 Å². The number of carbonyl (C=O) groups is 1. The quantitative estimate of drug-likeness (QED) is 0.551. The summed E-state index contributed by atoms with van der Waals surface area (Å²) in [5, 5.41) is 4.40. The molecule has 1 aromatic heterocycles. The second kappa shape index (κ2) is 5.10. The van der Waals surface area contributed by atoms with Crippen molar-refractivity contribution in [3.8, 4) is 0 Å². The summed E-state index contributed by atoms with van der Waals surface area (Å²) in [4.78, 5) is 11.4. The maximum atomic E-state index is 11.4. The third-order valence-electron chi connectivity index (χ3n) is 2.71. The molecule has 0 spiro atoms. The van der Waals surface area contributed by atoms with Crippen LogP contribution in [-0.4, -0.2) is 15.6 Å². The van der Waals surface area contributed by atoms with Crippen molar-refractivity contribution >= 4 is 5.78 Å². The molecule has 0 radical (unpaired) electrons. The first-order chi connectivity index (χ1) is 7.07. The second-order valence-corrected chi connectivity index (χ2v) is 4.03. The summed E-state index contributed by atoms with van der Waals surface area (Å²) in [7, 11) is 0. The molecule has 3 heteroatoms. The molecule has 0 aliphatic rings. The highest BCUT2D eigenvalue weighted by molar-refractivity contribution is 5.96. The maximum Gasteiger partial charge on any atom is 0.163 e. The number of nitrogens with zero attached hydrogens (tertiary/aromatic N) is 2. The summed E-state index contributed by atoms with van der Waals surface area (Å²) < 4.78 is 1.96. The van der Waals surface area contributed by atoms with E-state index in [0.29, 0.717) is 0 Å². The van der Waals surface area contributed by atoms with Crippen molar-refractivity contribution < 1.29 is 4.79 Å². The molecule has 0 unspecified atom stereocenters. The zero-order valence-corrected chi connectivity index (χ0v) is 10.1. The Morgan fingerprint density at radius 3 is 2.47 bits per heavy atom. The van der Waals surface area contributed by atoms with E-state index in [9.17, 15) is 4.79 Å². The third kappa shape index (κ3) is 2.67. The van der Waals surface area contributed by atoms with Crippen LogP contribution < -0.4 is 0 Å². The summed E-state index contributed by atoms with van der Waals surface area (Å²) in [6.07, 6.45) is 3.56. The Bertz CT molecular complexity index is 353. The van der Waals surface area contributed by atoms with Crippen LogP contribution in [0.15, 0.2) is 0 Å². The van der Waals surface area contributed by atoms with Crippen LogP contribution in [0.1, 0.15) is 54.9 Å². The van der Waals surface area contributed by atoms with Crippen LogP contribution in [0.3, 0.4) is 0 Å². The Hall–Kier alpha value is -1.12. The molecule has 15 heavy (non-hydrogen) atoms. The number of Topliss-reactive ketones (excluding diaryl/α,β-unsaturated/α-hetero) is 1. The van der Waals surface area contributed by atoms with E-state index in [1.165, 1.54) is 12.8 Å². The molecule has 0 aromatic carbocycles. The fraction of sp³-hybridized carbons (Fsp3) is 0.667. The summed E-state index contributed by atoms with van der Waals surface area (Å²) in [5.41, 5.74) is 2.67. The molecule has 0 bridgehead atoms. The molecular weight excluding hydrogens is 188 g/mol. The largest absolute Gasteiger partial charge is 0.294 e. The number of rotatable bonds is 5. The molecule has 3 nitrogen and oxygen atoms in total. The summed E-state index contributed by atoms with van der Waals surface area (Å²) in [6.45, 7) is 8.59. The van der Waals surface area contributed by atoms with Gasteiger partial charge in [0.25, 0.3) is 0 Å². The predicted octanol–water partition coefficient (Wildman–Crippen LogP) is 2.89. The van der Waals surface area contributed by atoms with Crippen LogP contribution in [-0.2, 0) is 6.54 Å². The van der Waals surface area contributed by atoms with Gasteiger partial charge in [-0.2, -0.15) is 5.10 Å². The minimum absolute atomic E-state index is 0.117. The van der Waals surface area contributed by atoms with Gasteiger partial charge in [0.05, 0.1) is 11.3 Å². The van der Waals surface area contributed by atoms with Gasteiger partial charge in [0.2, 0.25) is 0 Å². The first-order valence-corrected chi connectivity index (χ1v) is 5.62. The topological polar surface area (TPSA) is 34.9 Å². The van der Waals surface area contributed by atoms with E-state index in [0.717, 1.165) is 29.9 Å². The third-order valence-corrected chi connectivity index (χ3v) is 2.71. The molecule has 1 aromatic rings. The van der Waals surface area contributed by atoms with Crippen molar-refractivity contribution in [2.24, 2.45) is 0 Å². The standard InChI is InChI=1S/C12H20N2O/c1-5-6-7-8-14-10(3)12(11(4)15)9(2)13-14/h5-8H2,1-4H3. The van der Waals surface area contributed by atoms with Gasteiger partial charge in [-0.1, -0.05) is 19.8 Å². The van der Waals surface area contributed by atoms with Gasteiger partial charge < -0.3 is 0 Å². The van der Waals surface area contributed by atoms with E-state index in [2.05, 4.69) is 12.0 Å². The first kappa shape index (κ1) is 12.0. The van der Waals surface area contributed by atoms with Crippen LogP contribution >= 0.6 is 0 Å². The molecule has 0 saturated carbocycles. The van der Waals surface area contributed by atoms with Gasteiger partial charge >= 0.3 is 0 Å². The van der Waals surface area contributed by atoms with Gasteiger partial charge in [-0.3, -0.25) is 9.48 Å². The van der Waals surface area contributed by atoms with Gasteiger partial charge in [-0.05, 0) is 27.2 Å². The highest BCUT2D eigenvalue weighted by atomic mass is 16.1. The molecule has 0 amide bonds. The molecule has 1 rings (SSSR count). The number of carbonyl (C=O) groups excluding carboxylic acids is 1. The van der Waals surface area contributed by atoms with Gasteiger partial charge in [0.1, 0.15) is 0 Å². The number of ketones is 1. The van der Waals surface area contributed by atoms with Crippen molar-refractivity contribution in [3.05, 3.63) is 17.0 Å². The van der Waals surface area contributed by atoms with E-state index in [1.54, 1.807) is 6.92 Å². The van der Waals surface area contributed by atoms with Gasteiger partial charge in [0.15, 0.2) is 5.78 Å². The predicted molar refractivity (Wildman–Crippen MR) is 61.2 cm³/mol. The summed E-state index contributed by atoms with van der Waals surface area (Å²) >= 11 is 0. The minimum atomic E-state index is 0.117. The Morgan fingerprint density at radius 1 is 1.33 bits per heavy atom. The SMILES string of the molecule is CCCCCn1nc(C)c(C(C)=O)c1C. The maximum absolute atomic E-state index is 11.4. The van der Waals surface area contributed by atoms with Crippen LogP contribution in [0.5, 0.6) is 0 Å². The van der Waals surface area contributed by atoms with E-state index < -0.39 is 0 Å². The molecule has 84 valence electrons. The molecule has 0 fully saturated rings. The van der Waals surface area contributed by atoms with E-state index >= 15 is 0 Å². The number of hydrogen-bond acceptors (Lipinski definition) is 2. The van der Waals surface area contributed by atoms with Crippen molar-refractivity contribution in [3.63, 3.8) is 0 Å². The highest BCUT2D eigenvalue weighted by Crippen LogP contribution is 2.14. The van der Waals surface area contributed by atoms with Crippen LogP contribution in [0, 0.1) is 13.8 Å². The fourth-order valence-electron chi connectivity index (χ4n) is 1.94. The average molecular weight is 208 g/mol. The fourth-order valence-corrected chi connectivity index (χ4v) is 1.94. The first-order valence-electron chi connectivity index (χ1n) is 5.62. The lowest BCUT2D eigenvalue weighted by Gasteiger charge is -2.03. The molecule has 0 saturated heterocycles. The molecule has 0 atom stereocenters. The summed E-state index contributed by atoms with van der Waals surface area (Å²) in [6, 6.07) is 0. The lowest BCUT2D eigenvalue weighted by atomic mass is 10.1. The van der Waals surface area contributed by atoms with Crippen molar-refractivity contribution in [2.75, 3.05) is 0 Å². The van der Waals surface area contributed by atoms with Crippen molar-refractivity contribution in [1.82, 2.24) is 9.78 Å².